The van der Waals surface area contributed by atoms with Crippen molar-refractivity contribution in [3.63, 3.8) is 0 Å². The number of aryl methyl sites for hydroxylation is 1. The van der Waals surface area contributed by atoms with Gasteiger partial charge in [-0.3, -0.25) is 0 Å². The number of esters is 1. The molecule has 0 heterocycles. The maximum Gasteiger partial charge on any atom is 0.349 e. The van der Waals surface area contributed by atoms with Gasteiger partial charge < -0.3 is 9.47 Å². The second-order valence-electron chi connectivity index (χ2n) is 4.45. The third kappa shape index (κ3) is 3.45. The highest BCUT2D eigenvalue weighted by atomic mass is 19.1. The third-order valence-corrected chi connectivity index (χ3v) is 2.54. The molecule has 18 heavy (non-hydrogen) atoms. The Balaban J connectivity index is 2.92. The molecule has 100 valence electrons. The molecule has 0 aliphatic rings. The SMILES string of the molecule is CCOC(=O)C(C)(C)Oc1cc(CC)ccc1F. The lowest BCUT2D eigenvalue weighted by Crippen LogP contribution is -2.40. The fraction of sp³-hybridized carbons (Fsp3) is 0.500. The summed E-state index contributed by atoms with van der Waals surface area (Å²) in [7, 11) is 0. The van der Waals surface area contributed by atoms with Gasteiger partial charge in [0.2, 0.25) is 0 Å². The van der Waals surface area contributed by atoms with E-state index >= 15 is 0 Å². The first-order chi connectivity index (χ1) is 8.40. The molecule has 0 bridgehead atoms. The Morgan fingerprint density at radius 1 is 1.33 bits per heavy atom. The van der Waals surface area contributed by atoms with Crippen LogP contribution in [0.2, 0.25) is 0 Å². The lowest BCUT2D eigenvalue weighted by atomic mass is 10.1. The smallest absolute Gasteiger partial charge is 0.349 e. The minimum absolute atomic E-state index is 0.0763. The van der Waals surface area contributed by atoms with E-state index < -0.39 is 17.4 Å². The number of hydrogen-bond donors (Lipinski definition) is 0. The van der Waals surface area contributed by atoms with Gasteiger partial charge in [-0.05, 0) is 44.9 Å². The predicted octanol–water partition coefficient (Wildman–Crippen LogP) is 3.11. The van der Waals surface area contributed by atoms with Crippen LogP contribution in [-0.4, -0.2) is 18.2 Å². The van der Waals surface area contributed by atoms with Gasteiger partial charge in [-0.25, -0.2) is 9.18 Å². The van der Waals surface area contributed by atoms with Crippen molar-refractivity contribution in [2.24, 2.45) is 0 Å². The van der Waals surface area contributed by atoms with Crippen LogP contribution in [0.4, 0.5) is 4.39 Å². The molecule has 1 aromatic carbocycles. The summed E-state index contributed by atoms with van der Waals surface area (Å²) in [6.07, 6.45) is 0.774. The van der Waals surface area contributed by atoms with Crippen LogP contribution >= 0.6 is 0 Å². The number of carbonyl (C=O) groups is 1. The summed E-state index contributed by atoms with van der Waals surface area (Å²) in [4.78, 5) is 11.7. The van der Waals surface area contributed by atoms with E-state index in [1.54, 1.807) is 32.9 Å². The number of hydrogen-bond acceptors (Lipinski definition) is 3. The van der Waals surface area contributed by atoms with E-state index in [1.807, 2.05) is 6.92 Å². The summed E-state index contributed by atoms with van der Waals surface area (Å²) < 4.78 is 23.9. The fourth-order valence-electron chi connectivity index (χ4n) is 1.47. The minimum atomic E-state index is -1.21. The standard InChI is InChI=1S/C14H19FO3/c1-5-10-7-8-11(15)12(9-10)18-14(3,4)13(16)17-6-2/h7-9H,5-6H2,1-4H3. The molecule has 0 radical (unpaired) electrons. The molecule has 0 saturated carbocycles. The van der Waals surface area contributed by atoms with Gasteiger partial charge in [0.1, 0.15) is 0 Å². The van der Waals surface area contributed by atoms with Crippen LogP contribution in [0.1, 0.15) is 33.3 Å². The number of carbonyl (C=O) groups excluding carboxylic acids is 1. The second kappa shape index (κ2) is 5.85. The van der Waals surface area contributed by atoms with Crippen molar-refractivity contribution in [1.29, 1.82) is 0 Å². The summed E-state index contributed by atoms with van der Waals surface area (Å²) in [5, 5.41) is 0. The zero-order chi connectivity index (χ0) is 13.8. The monoisotopic (exact) mass is 254 g/mol. The lowest BCUT2D eigenvalue weighted by molar-refractivity contribution is -0.158. The Morgan fingerprint density at radius 2 is 2.00 bits per heavy atom. The van der Waals surface area contributed by atoms with Crippen molar-refractivity contribution >= 4 is 5.97 Å². The van der Waals surface area contributed by atoms with Crippen LogP contribution in [-0.2, 0) is 16.0 Å². The van der Waals surface area contributed by atoms with Gasteiger partial charge in [-0.15, -0.1) is 0 Å². The normalized spacial score (nSPS) is 11.2. The molecule has 0 aromatic heterocycles. The number of rotatable bonds is 5. The Bertz CT molecular complexity index is 427. The van der Waals surface area contributed by atoms with Crippen LogP contribution in [0.15, 0.2) is 18.2 Å². The van der Waals surface area contributed by atoms with Crippen LogP contribution < -0.4 is 4.74 Å². The van der Waals surface area contributed by atoms with Gasteiger partial charge in [0.15, 0.2) is 17.2 Å². The van der Waals surface area contributed by atoms with E-state index in [-0.39, 0.29) is 12.4 Å². The lowest BCUT2D eigenvalue weighted by Gasteiger charge is -2.24. The summed E-state index contributed by atoms with van der Waals surface area (Å²) in [6.45, 7) is 7.06. The molecule has 1 aromatic rings. The van der Waals surface area contributed by atoms with Gasteiger partial charge >= 0.3 is 5.97 Å². The highest BCUT2D eigenvalue weighted by molar-refractivity contribution is 5.79. The minimum Gasteiger partial charge on any atom is -0.473 e. The first-order valence-corrected chi connectivity index (χ1v) is 6.05. The van der Waals surface area contributed by atoms with Crippen LogP contribution in [0.5, 0.6) is 5.75 Å². The molecule has 0 unspecified atom stereocenters. The molecule has 0 atom stereocenters. The van der Waals surface area contributed by atoms with Crippen molar-refractivity contribution in [1.82, 2.24) is 0 Å². The molecular formula is C14H19FO3. The van der Waals surface area contributed by atoms with Crippen molar-refractivity contribution in [2.45, 2.75) is 39.7 Å². The van der Waals surface area contributed by atoms with E-state index in [9.17, 15) is 9.18 Å². The Morgan fingerprint density at radius 3 is 2.56 bits per heavy atom. The topological polar surface area (TPSA) is 35.5 Å². The maximum absolute atomic E-state index is 13.6. The van der Waals surface area contributed by atoms with E-state index in [2.05, 4.69) is 0 Å². The fourth-order valence-corrected chi connectivity index (χ4v) is 1.47. The van der Waals surface area contributed by atoms with Gasteiger partial charge in [0.25, 0.3) is 0 Å². The molecule has 4 heteroatoms. The highest BCUT2D eigenvalue weighted by Gasteiger charge is 2.32. The van der Waals surface area contributed by atoms with Crippen LogP contribution in [0, 0.1) is 5.82 Å². The maximum atomic E-state index is 13.6. The molecule has 1 rings (SSSR count). The Labute approximate surface area is 107 Å². The summed E-state index contributed by atoms with van der Waals surface area (Å²) in [6, 6.07) is 4.64. The zero-order valence-corrected chi connectivity index (χ0v) is 11.2. The molecule has 0 saturated heterocycles. The Kier molecular flexibility index (Phi) is 4.70. The number of benzene rings is 1. The van der Waals surface area contributed by atoms with Crippen molar-refractivity contribution in [2.75, 3.05) is 6.61 Å². The van der Waals surface area contributed by atoms with Gasteiger partial charge in [0, 0.05) is 0 Å². The van der Waals surface area contributed by atoms with Crippen molar-refractivity contribution in [3.8, 4) is 5.75 Å². The number of halogens is 1. The summed E-state index contributed by atoms with van der Waals surface area (Å²) >= 11 is 0. The molecule has 0 spiro atoms. The molecular weight excluding hydrogens is 235 g/mol. The molecule has 3 nitrogen and oxygen atoms in total. The van der Waals surface area contributed by atoms with Gasteiger partial charge in [-0.1, -0.05) is 13.0 Å². The van der Waals surface area contributed by atoms with Crippen LogP contribution in [0.25, 0.3) is 0 Å². The molecule has 0 fully saturated rings. The highest BCUT2D eigenvalue weighted by Crippen LogP contribution is 2.24. The average molecular weight is 254 g/mol. The summed E-state index contributed by atoms with van der Waals surface area (Å²) in [5.74, 6) is -0.914. The van der Waals surface area contributed by atoms with Crippen LogP contribution in [0.3, 0.4) is 0 Å². The van der Waals surface area contributed by atoms with Crippen molar-refractivity contribution < 1.29 is 18.7 Å². The molecule has 0 aliphatic heterocycles. The quantitative estimate of drug-likeness (QED) is 0.757. The van der Waals surface area contributed by atoms with E-state index in [0.717, 1.165) is 12.0 Å². The second-order valence-corrected chi connectivity index (χ2v) is 4.45. The first-order valence-electron chi connectivity index (χ1n) is 6.05. The van der Waals surface area contributed by atoms with E-state index in [4.69, 9.17) is 9.47 Å². The Hall–Kier alpha value is -1.58. The first kappa shape index (κ1) is 14.5. The summed E-state index contributed by atoms with van der Waals surface area (Å²) in [5.41, 5.74) is -0.255. The molecule has 0 N–H and O–H groups in total. The van der Waals surface area contributed by atoms with Crippen molar-refractivity contribution in [3.05, 3.63) is 29.6 Å². The predicted molar refractivity (Wildman–Crippen MR) is 67.1 cm³/mol. The zero-order valence-electron chi connectivity index (χ0n) is 11.2. The van der Waals surface area contributed by atoms with Gasteiger partial charge in [-0.2, -0.15) is 0 Å². The largest absolute Gasteiger partial charge is 0.473 e. The third-order valence-electron chi connectivity index (χ3n) is 2.54. The van der Waals surface area contributed by atoms with E-state index in [1.165, 1.54) is 6.07 Å². The van der Waals surface area contributed by atoms with Gasteiger partial charge in [0.05, 0.1) is 6.61 Å². The molecule has 0 aliphatic carbocycles. The average Bonchev–Trinajstić information content (AvgIpc) is 2.32. The number of ether oxygens (including phenoxy) is 2. The van der Waals surface area contributed by atoms with E-state index in [0.29, 0.717) is 0 Å². The molecule has 0 amide bonds.